The number of carbonyl (C=O) groups excluding carboxylic acids is 1. The number of ketones is 1. The van der Waals surface area contributed by atoms with Gasteiger partial charge in [0.15, 0.2) is 5.78 Å². The molecule has 0 saturated heterocycles. The molecule has 0 bridgehead atoms. The molecule has 0 radical (unpaired) electrons. The molecular formula is C16H10ClFOS. The van der Waals surface area contributed by atoms with Crippen molar-refractivity contribution < 1.29 is 9.18 Å². The van der Waals surface area contributed by atoms with Crippen molar-refractivity contribution in [2.24, 2.45) is 0 Å². The van der Waals surface area contributed by atoms with E-state index in [4.69, 9.17) is 11.6 Å². The molecule has 1 nitrogen and oxygen atoms in total. The van der Waals surface area contributed by atoms with E-state index in [0.717, 1.165) is 10.1 Å². The van der Waals surface area contributed by atoms with Gasteiger partial charge in [0.25, 0.3) is 0 Å². The number of Topliss-reactive ketones (excluding diaryl/α,β-unsaturated/α-hetero) is 1. The first-order chi connectivity index (χ1) is 9.66. The van der Waals surface area contributed by atoms with Crippen LogP contribution in [0.15, 0.2) is 47.8 Å². The fraction of sp³-hybridized carbons (Fsp3) is 0.0625. The Hall–Kier alpha value is -1.71. The fourth-order valence-electron chi connectivity index (χ4n) is 2.15. The third-order valence-corrected chi connectivity index (χ3v) is 4.55. The van der Waals surface area contributed by atoms with Crippen LogP contribution in [0, 0.1) is 5.82 Å². The average Bonchev–Trinajstić information content (AvgIpc) is 2.88. The first-order valence-corrected chi connectivity index (χ1v) is 7.35. The first-order valence-electron chi connectivity index (χ1n) is 6.09. The largest absolute Gasteiger partial charge is 0.294 e. The Morgan fingerprint density at radius 1 is 1.15 bits per heavy atom. The summed E-state index contributed by atoms with van der Waals surface area (Å²) in [4.78, 5) is 12.4. The summed E-state index contributed by atoms with van der Waals surface area (Å²) >= 11 is 7.42. The van der Waals surface area contributed by atoms with Crippen LogP contribution in [0.4, 0.5) is 4.39 Å². The third kappa shape index (κ3) is 2.35. The van der Waals surface area contributed by atoms with E-state index in [9.17, 15) is 9.18 Å². The molecule has 4 heteroatoms. The van der Waals surface area contributed by atoms with Crippen LogP contribution in [0.25, 0.3) is 10.1 Å². The maximum absolute atomic E-state index is 13.4. The van der Waals surface area contributed by atoms with Gasteiger partial charge in [-0.25, -0.2) is 4.39 Å². The zero-order valence-corrected chi connectivity index (χ0v) is 12.0. The minimum atomic E-state index is -0.493. The van der Waals surface area contributed by atoms with Crippen LogP contribution in [0.5, 0.6) is 0 Å². The Morgan fingerprint density at radius 2 is 1.95 bits per heavy atom. The molecule has 0 amide bonds. The van der Waals surface area contributed by atoms with E-state index in [1.54, 1.807) is 12.1 Å². The normalized spacial score (nSPS) is 10.9. The lowest BCUT2D eigenvalue weighted by molar-refractivity contribution is 0.0995. The standard InChI is InChI=1S/C16H10ClFOS/c17-16-10(4-3-6-13(16)18)8-14(19)12-9-20-15-7-2-1-5-11(12)15/h1-7,9H,8H2. The smallest absolute Gasteiger partial charge is 0.168 e. The molecular weight excluding hydrogens is 295 g/mol. The molecule has 0 unspecified atom stereocenters. The molecule has 0 saturated carbocycles. The predicted octanol–water partition coefficient (Wildman–Crippen LogP) is 5.12. The number of hydrogen-bond donors (Lipinski definition) is 0. The van der Waals surface area contributed by atoms with Crippen molar-refractivity contribution in [3.8, 4) is 0 Å². The first kappa shape index (κ1) is 13.3. The number of rotatable bonds is 3. The van der Waals surface area contributed by atoms with Crippen LogP contribution in [0.3, 0.4) is 0 Å². The summed E-state index contributed by atoms with van der Waals surface area (Å²) in [6.45, 7) is 0. The summed E-state index contributed by atoms with van der Waals surface area (Å²) < 4.78 is 14.5. The zero-order chi connectivity index (χ0) is 14.1. The van der Waals surface area contributed by atoms with Crippen LogP contribution in [-0.4, -0.2) is 5.78 Å². The Labute approximate surface area is 124 Å². The molecule has 2 aromatic carbocycles. The van der Waals surface area contributed by atoms with Crippen molar-refractivity contribution in [3.05, 3.63) is 69.8 Å². The van der Waals surface area contributed by atoms with Crippen LogP contribution in [-0.2, 0) is 6.42 Å². The van der Waals surface area contributed by atoms with Crippen LogP contribution in [0.1, 0.15) is 15.9 Å². The van der Waals surface area contributed by atoms with E-state index >= 15 is 0 Å². The Balaban J connectivity index is 1.95. The van der Waals surface area contributed by atoms with Gasteiger partial charge in [-0.3, -0.25) is 4.79 Å². The number of benzene rings is 2. The van der Waals surface area contributed by atoms with Gasteiger partial charge in [-0.15, -0.1) is 11.3 Å². The number of carbonyl (C=O) groups is 1. The van der Waals surface area contributed by atoms with Crippen molar-refractivity contribution in [2.45, 2.75) is 6.42 Å². The molecule has 3 aromatic rings. The van der Waals surface area contributed by atoms with Crippen LogP contribution >= 0.6 is 22.9 Å². The van der Waals surface area contributed by atoms with Gasteiger partial charge in [0, 0.05) is 27.5 Å². The minimum absolute atomic E-state index is 0.0281. The van der Waals surface area contributed by atoms with Gasteiger partial charge in [0.1, 0.15) is 5.82 Å². The van der Waals surface area contributed by atoms with E-state index in [1.807, 2.05) is 29.6 Å². The van der Waals surface area contributed by atoms with E-state index in [2.05, 4.69) is 0 Å². The van der Waals surface area contributed by atoms with Gasteiger partial charge in [0.05, 0.1) is 5.02 Å². The molecule has 0 spiro atoms. The van der Waals surface area contributed by atoms with E-state index in [1.165, 1.54) is 17.4 Å². The topological polar surface area (TPSA) is 17.1 Å². The maximum atomic E-state index is 13.4. The molecule has 0 aliphatic rings. The second-order valence-corrected chi connectivity index (χ2v) is 5.75. The molecule has 0 atom stereocenters. The fourth-order valence-corrected chi connectivity index (χ4v) is 3.31. The Bertz CT molecular complexity index is 794. The lowest BCUT2D eigenvalue weighted by Crippen LogP contribution is -2.03. The van der Waals surface area contributed by atoms with E-state index in [-0.39, 0.29) is 17.2 Å². The van der Waals surface area contributed by atoms with Crippen molar-refractivity contribution in [1.82, 2.24) is 0 Å². The quantitative estimate of drug-likeness (QED) is 0.614. The molecule has 0 fully saturated rings. The summed E-state index contributed by atoms with van der Waals surface area (Å²) in [5, 5.41) is 2.82. The molecule has 1 heterocycles. The predicted molar refractivity (Wildman–Crippen MR) is 81.3 cm³/mol. The molecule has 3 rings (SSSR count). The van der Waals surface area contributed by atoms with E-state index < -0.39 is 5.82 Å². The van der Waals surface area contributed by atoms with E-state index in [0.29, 0.717) is 11.1 Å². The highest BCUT2D eigenvalue weighted by Crippen LogP contribution is 2.28. The van der Waals surface area contributed by atoms with Crippen molar-refractivity contribution >= 4 is 38.8 Å². The Morgan fingerprint density at radius 3 is 2.80 bits per heavy atom. The van der Waals surface area contributed by atoms with Crippen molar-refractivity contribution in [3.63, 3.8) is 0 Å². The second kappa shape index (κ2) is 5.35. The number of thiophene rings is 1. The van der Waals surface area contributed by atoms with Gasteiger partial charge in [-0.2, -0.15) is 0 Å². The molecule has 20 heavy (non-hydrogen) atoms. The summed E-state index contributed by atoms with van der Waals surface area (Å²) in [6, 6.07) is 12.3. The molecule has 1 aromatic heterocycles. The van der Waals surface area contributed by atoms with Gasteiger partial charge >= 0.3 is 0 Å². The molecule has 0 N–H and O–H groups in total. The van der Waals surface area contributed by atoms with Gasteiger partial charge in [-0.05, 0) is 17.7 Å². The highest BCUT2D eigenvalue weighted by atomic mass is 35.5. The van der Waals surface area contributed by atoms with Gasteiger partial charge < -0.3 is 0 Å². The van der Waals surface area contributed by atoms with Gasteiger partial charge in [-0.1, -0.05) is 41.9 Å². The maximum Gasteiger partial charge on any atom is 0.168 e. The lowest BCUT2D eigenvalue weighted by atomic mass is 10.0. The van der Waals surface area contributed by atoms with Crippen LogP contribution < -0.4 is 0 Å². The highest BCUT2D eigenvalue weighted by Gasteiger charge is 2.15. The Kier molecular flexibility index (Phi) is 3.55. The summed E-state index contributed by atoms with van der Waals surface area (Å²) in [6.07, 6.45) is 0.108. The second-order valence-electron chi connectivity index (χ2n) is 4.46. The number of fused-ring (bicyclic) bond motifs is 1. The highest BCUT2D eigenvalue weighted by molar-refractivity contribution is 7.17. The van der Waals surface area contributed by atoms with Crippen molar-refractivity contribution in [1.29, 1.82) is 0 Å². The average molecular weight is 305 g/mol. The zero-order valence-electron chi connectivity index (χ0n) is 10.4. The SMILES string of the molecule is O=C(Cc1cccc(F)c1Cl)c1csc2ccccc12. The number of hydrogen-bond acceptors (Lipinski definition) is 2. The van der Waals surface area contributed by atoms with Gasteiger partial charge in [0.2, 0.25) is 0 Å². The lowest BCUT2D eigenvalue weighted by Gasteiger charge is -2.04. The summed E-state index contributed by atoms with van der Waals surface area (Å²) in [7, 11) is 0. The third-order valence-electron chi connectivity index (χ3n) is 3.16. The van der Waals surface area contributed by atoms with Crippen LogP contribution in [0.2, 0.25) is 5.02 Å². The van der Waals surface area contributed by atoms with Crippen molar-refractivity contribution in [2.75, 3.05) is 0 Å². The molecule has 0 aliphatic heterocycles. The summed E-state index contributed by atoms with van der Waals surface area (Å²) in [5.41, 5.74) is 1.19. The number of halogens is 2. The minimum Gasteiger partial charge on any atom is -0.294 e. The molecule has 0 aliphatic carbocycles. The summed E-state index contributed by atoms with van der Waals surface area (Å²) in [5.74, 6) is -0.540. The monoisotopic (exact) mass is 304 g/mol. The molecule has 100 valence electrons.